The van der Waals surface area contributed by atoms with Crippen molar-refractivity contribution in [1.82, 2.24) is 30.4 Å². The lowest BCUT2D eigenvalue weighted by atomic mass is 9.87. The van der Waals surface area contributed by atoms with Gasteiger partial charge in [0.1, 0.15) is 6.04 Å². The quantitative estimate of drug-likeness (QED) is 0.772. The molecule has 0 saturated carbocycles. The van der Waals surface area contributed by atoms with Gasteiger partial charge in [-0.2, -0.15) is 5.10 Å². The van der Waals surface area contributed by atoms with Gasteiger partial charge in [0.25, 0.3) is 0 Å². The van der Waals surface area contributed by atoms with Crippen LogP contribution in [0.3, 0.4) is 0 Å². The molecule has 1 unspecified atom stereocenters. The topological polar surface area (TPSA) is 100.0 Å². The number of carbonyl (C=O) groups excluding carboxylic acids is 1. The molecule has 0 fully saturated rings. The summed E-state index contributed by atoms with van der Waals surface area (Å²) in [5.74, 6) is 0.732. The summed E-state index contributed by atoms with van der Waals surface area (Å²) in [5, 5.41) is 13.9. The highest BCUT2D eigenvalue weighted by molar-refractivity contribution is 6.31. The largest absolute Gasteiger partial charge is 0.343 e. The van der Waals surface area contributed by atoms with E-state index in [-0.39, 0.29) is 11.8 Å². The second-order valence-electron chi connectivity index (χ2n) is 6.20. The Morgan fingerprint density at radius 2 is 2.32 bits per heavy atom. The summed E-state index contributed by atoms with van der Waals surface area (Å²) in [6.07, 6.45) is 7.40. The fourth-order valence-electron chi connectivity index (χ4n) is 3.21. The van der Waals surface area contributed by atoms with E-state index in [0.29, 0.717) is 35.2 Å². The van der Waals surface area contributed by atoms with Gasteiger partial charge in [0.2, 0.25) is 0 Å². The van der Waals surface area contributed by atoms with Crippen LogP contribution in [-0.4, -0.2) is 31.5 Å². The molecule has 0 radical (unpaired) electrons. The first kappa shape index (κ1) is 15.9. The predicted octanol–water partition coefficient (Wildman–Crippen LogP) is 1.59. The molecule has 0 amide bonds. The molecule has 0 saturated heterocycles. The van der Waals surface area contributed by atoms with Crippen molar-refractivity contribution < 1.29 is 4.79 Å². The maximum atomic E-state index is 12.5. The van der Waals surface area contributed by atoms with E-state index in [2.05, 4.69) is 30.8 Å². The summed E-state index contributed by atoms with van der Waals surface area (Å²) >= 11 is 6.23. The Morgan fingerprint density at radius 1 is 1.44 bits per heavy atom. The zero-order valence-corrected chi connectivity index (χ0v) is 14.5. The summed E-state index contributed by atoms with van der Waals surface area (Å²) in [4.78, 5) is 21.3. The van der Waals surface area contributed by atoms with Crippen LogP contribution in [0, 0.1) is 0 Å². The third kappa shape index (κ3) is 3.05. The summed E-state index contributed by atoms with van der Waals surface area (Å²) in [7, 11) is 1.92. The van der Waals surface area contributed by atoms with E-state index in [4.69, 9.17) is 11.6 Å². The highest BCUT2D eigenvalue weighted by atomic mass is 35.5. The lowest BCUT2D eigenvalue weighted by Gasteiger charge is -2.33. The van der Waals surface area contributed by atoms with Crippen molar-refractivity contribution in [2.45, 2.75) is 31.8 Å². The molecule has 3 N–H and O–H groups in total. The van der Waals surface area contributed by atoms with Crippen molar-refractivity contribution in [2.24, 2.45) is 12.0 Å². The first-order valence-corrected chi connectivity index (χ1v) is 8.49. The van der Waals surface area contributed by atoms with E-state index in [9.17, 15) is 4.79 Å². The summed E-state index contributed by atoms with van der Waals surface area (Å²) < 4.78 is 1.88. The number of aliphatic imine (C=N–C) groups is 1. The van der Waals surface area contributed by atoms with Gasteiger partial charge < -0.3 is 15.2 Å². The number of ketones is 1. The van der Waals surface area contributed by atoms with Gasteiger partial charge in [-0.3, -0.25) is 9.89 Å². The maximum Gasteiger partial charge on any atom is 0.196 e. The number of allylic oxidation sites excluding steroid dienone is 1. The number of carbonyl (C=O) groups is 1. The second kappa shape index (κ2) is 6.36. The van der Waals surface area contributed by atoms with E-state index < -0.39 is 0 Å². The maximum absolute atomic E-state index is 12.5. The number of aromatic nitrogens is 4. The van der Waals surface area contributed by atoms with Gasteiger partial charge in [0.15, 0.2) is 11.7 Å². The fourth-order valence-corrected chi connectivity index (χ4v) is 3.41. The predicted molar refractivity (Wildman–Crippen MR) is 92.8 cm³/mol. The van der Waals surface area contributed by atoms with Crippen LogP contribution >= 0.6 is 11.6 Å². The number of aryl methyl sites for hydroxylation is 1. The van der Waals surface area contributed by atoms with Crippen LogP contribution in [0.5, 0.6) is 0 Å². The number of nitrogens with one attached hydrogen (secondary N) is 3. The minimum absolute atomic E-state index is 0.126. The van der Waals surface area contributed by atoms with Crippen LogP contribution in [0.1, 0.15) is 36.7 Å². The highest BCUT2D eigenvalue weighted by Gasteiger charge is 2.35. The number of rotatable bonds is 3. The summed E-state index contributed by atoms with van der Waals surface area (Å²) in [6.45, 7) is 0.441. The number of imidazole rings is 1. The molecule has 8 nitrogen and oxygen atoms in total. The number of hydrogen-bond donors (Lipinski definition) is 3. The number of aromatic amines is 1. The molecule has 1 aliphatic carbocycles. The van der Waals surface area contributed by atoms with Crippen molar-refractivity contribution >= 4 is 23.3 Å². The van der Waals surface area contributed by atoms with Crippen molar-refractivity contribution in [3.8, 4) is 0 Å². The minimum atomic E-state index is -0.374. The van der Waals surface area contributed by atoms with Crippen LogP contribution in [0.25, 0.3) is 0 Å². The molecule has 2 aromatic rings. The Kier molecular flexibility index (Phi) is 4.04. The average Bonchev–Trinajstić information content (AvgIpc) is 3.20. The Bertz CT molecular complexity index is 879. The van der Waals surface area contributed by atoms with E-state index in [1.54, 1.807) is 12.5 Å². The van der Waals surface area contributed by atoms with Gasteiger partial charge in [-0.1, -0.05) is 11.6 Å². The molecule has 1 aliphatic heterocycles. The Hall–Kier alpha value is -2.61. The second-order valence-corrected chi connectivity index (χ2v) is 6.61. The third-order valence-electron chi connectivity index (χ3n) is 4.36. The highest BCUT2D eigenvalue weighted by Crippen LogP contribution is 2.34. The first-order valence-electron chi connectivity index (χ1n) is 8.11. The molecular formula is C16H18ClN7O. The van der Waals surface area contributed by atoms with Crippen molar-refractivity contribution in [3.05, 3.63) is 46.4 Å². The summed E-state index contributed by atoms with van der Waals surface area (Å²) in [6, 6.07) is -0.374. The molecule has 130 valence electrons. The lowest BCUT2D eigenvalue weighted by molar-refractivity contribution is -0.116. The average molecular weight is 360 g/mol. The van der Waals surface area contributed by atoms with Gasteiger partial charge in [0.05, 0.1) is 35.5 Å². The molecule has 25 heavy (non-hydrogen) atoms. The molecular weight excluding hydrogens is 342 g/mol. The molecule has 0 aromatic carbocycles. The third-order valence-corrected chi connectivity index (χ3v) is 4.66. The van der Waals surface area contributed by atoms with Crippen LogP contribution in [0.15, 0.2) is 35.0 Å². The molecule has 2 aliphatic rings. The van der Waals surface area contributed by atoms with Crippen LogP contribution in [-0.2, 0) is 18.4 Å². The van der Waals surface area contributed by atoms with E-state index in [1.165, 1.54) is 0 Å². The van der Waals surface area contributed by atoms with E-state index in [1.807, 2.05) is 17.8 Å². The van der Waals surface area contributed by atoms with E-state index >= 15 is 0 Å². The van der Waals surface area contributed by atoms with Crippen LogP contribution in [0.2, 0.25) is 5.02 Å². The smallest absolute Gasteiger partial charge is 0.196 e. The molecule has 4 rings (SSSR count). The molecule has 0 spiro atoms. The molecule has 3 heterocycles. The van der Waals surface area contributed by atoms with Gasteiger partial charge in [-0.05, 0) is 12.8 Å². The van der Waals surface area contributed by atoms with Crippen molar-refractivity contribution in [1.29, 1.82) is 0 Å². The fraction of sp³-hybridized carbons (Fsp3) is 0.375. The number of guanidine groups is 1. The van der Waals surface area contributed by atoms with Crippen LogP contribution < -0.4 is 10.6 Å². The zero-order valence-electron chi connectivity index (χ0n) is 13.7. The molecule has 0 bridgehead atoms. The standard InChI is InChI=1S/C16H18ClN7O/c1-24-7-9(19-8-24)5-18-16-21-11-3-2-4-12(25)13(11)15(22-16)14-10(17)6-20-23-14/h6-8,15H,2-5H2,1H3,(H,20,23)(H2,18,21,22). The van der Waals surface area contributed by atoms with E-state index in [0.717, 1.165) is 24.2 Å². The monoisotopic (exact) mass is 359 g/mol. The molecule has 1 atom stereocenters. The van der Waals surface area contributed by atoms with Gasteiger partial charge in [-0.25, -0.2) is 9.98 Å². The molecule has 2 aromatic heterocycles. The normalized spacial score (nSPS) is 21.9. The first-order chi connectivity index (χ1) is 12.1. The Morgan fingerprint density at radius 3 is 3.04 bits per heavy atom. The SMILES string of the molecule is Cn1cnc(CN=C2NC3=C(C(=O)CCC3)C(c3[nH]ncc3Cl)N2)c1. The number of halogens is 1. The van der Waals surface area contributed by atoms with Gasteiger partial charge >= 0.3 is 0 Å². The van der Waals surface area contributed by atoms with Gasteiger partial charge in [0, 0.05) is 30.9 Å². The minimum Gasteiger partial charge on any atom is -0.343 e. The zero-order chi connectivity index (χ0) is 17.4. The number of H-pyrrole nitrogens is 1. The number of Topliss-reactive ketones (excluding diaryl/α,β-unsaturated/α-hetero) is 1. The lowest BCUT2D eigenvalue weighted by Crippen LogP contribution is -2.48. The molecule has 9 heteroatoms. The summed E-state index contributed by atoms with van der Waals surface area (Å²) in [5.41, 5.74) is 3.17. The Balaban J connectivity index is 1.67. The number of nitrogens with zero attached hydrogens (tertiary/aromatic N) is 4. The van der Waals surface area contributed by atoms with Crippen molar-refractivity contribution in [3.63, 3.8) is 0 Å². The van der Waals surface area contributed by atoms with Crippen LogP contribution in [0.4, 0.5) is 0 Å². The Labute approximate surface area is 149 Å². The van der Waals surface area contributed by atoms with Crippen molar-refractivity contribution in [2.75, 3.05) is 0 Å². The number of hydrogen-bond acceptors (Lipinski definition) is 4. The van der Waals surface area contributed by atoms with Gasteiger partial charge in [-0.15, -0.1) is 0 Å².